The van der Waals surface area contributed by atoms with Crippen LogP contribution in [0.15, 0.2) is 142 Å². The molecular formula is C46H50BrN11O11. The van der Waals surface area contributed by atoms with Crippen molar-refractivity contribution in [2.45, 2.75) is 34.2 Å². The molecular weight excluding hydrogens is 962 g/mol. The highest BCUT2D eigenvalue weighted by molar-refractivity contribution is 9.18. The topological polar surface area (TPSA) is 334 Å². The number of hydrogen-bond donors (Lipinski definition) is 4. The number of H-pyrrole nitrogens is 1. The van der Waals surface area contributed by atoms with Gasteiger partial charge in [-0.2, -0.15) is 0 Å². The fourth-order valence-corrected chi connectivity index (χ4v) is 6.48. The highest BCUT2D eigenvalue weighted by atomic mass is 79.9. The molecule has 6 heterocycles. The Labute approximate surface area is 403 Å². The van der Waals surface area contributed by atoms with Crippen LogP contribution in [0.25, 0.3) is 0 Å². The van der Waals surface area contributed by atoms with Crippen molar-refractivity contribution in [3.63, 3.8) is 0 Å². The van der Waals surface area contributed by atoms with E-state index in [9.17, 15) is 34.1 Å². The summed E-state index contributed by atoms with van der Waals surface area (Å²) in [4.78, 5) is 92.9. The molecule has 0 unspecified atom stereocenters. The molecule has 0 fully saturated rings. The zero-order valence-electron chi connectivity index (χ0n) is 38.1. The molecule has 0 aliphatic carbocycles. The standard InChI is InChI=1S/C13H14N2O2.C12H9N3O.C7H9BrN2O2.C7H8N2O4.C7H10N2O2/c1-2-17-13(16)10-8-15-12(11(10)14)9-6-4-3-5-7-9;16-12-9-6-13-10(11(9)14-7-15-12)8-4-2-1-3-5-8;1-2-12-7(11)4-3-10-6(8)5(4)9;1-2-13-7(10)5-3-8-4-6(5)9(11)12;1-2-11-7(10)5-3-9-4-6(5)8/h3-7H,2,8,14H2,1H3;1-5,7H,6H2,(H,14,15,16);2-3,9H2,1H3;4H,2-3H2,1H3;4H,2-3,8H2,1H3. The number of nitro groups is 1. The molecule has 69 heavy (non-hydrogen) atoms. The van der Waals surface area contributed by atoms with Crippen molar-refractivity contribution in [3.8, 4) is 0 Å². The van der Waals surface area contributed by atoms with Crippen molar-refractivity contribution < 1.29 is 43.0 Å². The maximum absolute atomic E-state index is 11.6. The van der Waals surface area contributed by atoms with Gasteiger partial charge in [-0.15, -0.1) is 0 Å². The predicted octanol–water partition coefficient (Wildman–Crippen LogP) is 2.97. The lowest BCUT2D eigenvalue weighted by Crippen LogP contribution is -2.17. The summed E-state index contributed by atoms with van der Waals surface area (Å²) in [6, 6.07) is 19.4. The van der Waals surface area contributed by atoms with Crippen LogP contribution in [0.4, 0.5) is 0 Å². The van der Waals surface area contributed by atoms with Gasteiger partial charge in [-0.05, 0) is 43.6 Å². The maximum atomic E-state index is 11.6. The number of aromatic amines is 1. The minimum Gasteiger partial charge on any atom is -0.463 e. The minimum atomic E-state index is -0.660. The summed E-state index contributed by atoms with van der Waals surface area (Å²) < 4.78 is 19.6. The zero-order chi connectivity index (χ0) is 50.5. The Morgan fingerprint density at radius 3 is 1.59 bits per heavy atom. The molecule has 23 heteroatoms. The van der Waals surface area contributed by atoms with E-state index < -0.39 is 10.9 Å². The second-order valence-electron chi connectivity index (χ2n) is 13.9. The molecule has 22 nitrogen and oxygen atoms in total. The van der Waals surface area contributed by atoms with E-state index >= 15 is 0 Å². The van der Waals surface area contributed by atoms with Gasteiger partial charge in [-0.3, -0.25) is 39.9 Å². The number of aromatic nitrogens is 2. The summed E-state index contributed by atoms with van der Waals surface area (Å²) >= 11 is 3.12. The van der Waals surface area contributed by atoms with E-state index in [-0.39, 0.29) is 47.9 Å². The number of nitrogens with zero attached hydrogens (tertiary/aromatic N) is 7. The van der Waals surface area contributed by atoms with Crippen molar-refractivity contribution >= 4 is 68.3 Å². The monoisotopic (exact) mass is 1010 g/mol. The largest absolute Gasteiger partial charge is 0.463 e. The number of nitrogens with two attached hydrogens (primary N) is 3. The molecule has 0 saturated heterocycles. The van der Waals surface area contributed by atoms with Crippen LogP contribution in [0.3, 0.4) is 0 Å². The van der Waals surface area contributed by atoms with Crippen LogP contribution in [0, 0.1) is 10.1 Å². The quantitative estimate of drug-likeness (QED) is 0.0929. The molecule has 0 bridgehead atoms. The number of halogens is 1. The van der Waals surface area contributed by atoms with Gasteiger partial charge in [0.1, 0.15) is 22.1 Å². The lowest BCUT2D eigenvalue weighted by atomic mass is 10.1. The molecule has 7 N–H and O–H groups in total. The van der Waals surface area contributed by atoms with Gasteiger partial charge in [-0.1, -0.05) is 60.7 Å². The van der Waals surface area contributed by atoms with E-state index in [1.54, 1.807) is 27.7 Å². The van der Waals surface area contributed by atoms with E-state index in [2.05, 4.69) is 55.6 Å². The SMILES string of the molecule is CCOC(=O)C1=C(N)C(Br)=NC1.CCOC(=O)C1=C(N)C(c2ccccc2)=NC1.CCOC(=O)C1=C(N)C=NC1.CCOC(=O)C1=C([N+](=O)[O-])C=NC1.O=c1[nH]cnc2c1CN=C2c1ccccc1. The van der Waals surface area contributed by atoms with Gasteiger partial charge in [0.05, 0.1) is 121 Å². The minimum absolute atomic E-state index is 0.0202. The highest BCUT2D eigenvalue weighted by Crippen LogP contribution is 2.20. The highest BCUT2D eigenvalue weighted by Gasteiger charge is 2.28. The molecule has 5 aliphatic rings. The number of aliphatic imine (C=N–C) groups is 5. The van der Waals surface area contributed by atoms with Crippen LogP contribution >= 0.6 is 15.9 Å². The molecule has 362 valence electrons. The van der Waals surface area contributed by atoms with Crippen molar-refractivity contribution in [1.29, 1.82) is 0 Å². The average Bonchev–Trinajstić information content (AvgIpc) is 4.21. The molecule has 0 radical (unpaired) electrons. The van der Waals surface area contributed by atoms with Crippen LogP contribution in [0.5, 0.6) is 0 Å². The number of fused-ring (bicyclic) bond motifs is 1. The van der Waals surface area contributed by atoms with E-state index in [0.29, 0.717) is 101 Å². The summed E-state index contributed by atoms with van der Waals surface area (Å²) in [6.07, 6.45) is 3.98. The first-order chi connectivity index (χ1) is 33.2. The molecule has 0 atom stereocenters. The van der Waals surface area contributed by atoms with Gasteiger partial charge in [-0.25, -0.2) is 24.2 Å². The summed E-state index contributed by atoms with van der Waals surface area (Å²) in [6.45, 7) is 9.60. The summed E-state index contributed by atoms with van der Waals surface area (Å²) in [7, 11) is 0. The molecule has 5 aliphatic heterocycles. The molecule has 8 rings (SSSR count). The Hall–Kier alpha value is -8.21. The fourth-order valence-electron chi connectivity index (χ4n) is 6.11. The summed E-state index contributed by atoms with van der Waals surface area (Å²) in [5.74, 6) is -1.78. The number of esters is 4. The van der Waals surface area contributed by atoms with Gasteiger partial charge >= 0.3 is 23.9 Å². The van der Waals surface area contributed by atoms with Crippen LogP contribution in [-0.4, -0.2) is 120 Å². The van der Waals surface area contributed by atoms with E-state index in [4.69, 9.17) is 31.4 Å². The van der Waals surface area contributed by atoms with E-state index in [1.165, 1.54) is 12.5 Å². The first-order valence-corrected chi connectivity index (χ1v) is 22.0. The number of benzene rings is 2. The molecule has 1 aromatic heterocycles. The number of ether oxygens (including phenoxy) is 4. The smallest absolute Gasteiger partial charge is 0.342 e. The molecule has 2 aromatic carbocycles. The van der Waals surface area contributed by atoms with Gasteiger partial charge in [0.15, 0.2) is 0 Å². The Balaban J connectivity index is 0.000000190. The van der Waals surface area contributed by atoms with Crippen molar-refractivity contribution in [2.24, 2.45) is 42.2 Å². The van der Waals surface area contributed by atoms with Crippen LogP contribution in [0.1, 0.15) is 50.1 Å². The number of carbonyl (C=O) groups is 4. The number of allylic oxidation sites excluding steroid dienone is 4. The first-order valence-electron chi connectivity index (χ1n) is 21.2. The summed E-state index contributed by atoms with van der Waals surface area (Å²) in [5.41, 5.74) is 23.9. The molecule has 0 saturated carbocycles. The third-order valence-electron chi connectivity index (χ3n) is 9.45. The number of carbonyl (C=O) groups excluding carboxylic acids is 4. The van der Waals surface area contributed by atoms with Crippen molar-refractivity contribution in [1.82, 2.24) is 9.97 Å². The van der Waals surface area contributed by atoms with Gasteiger partial charge < -0.3 is 41.1 Å². The number of rotatable bonds is 11. The van der Waals surface area contributed by atoms with Gasteiger partial charge in [0.2, 0.25) is 0 Å². The van der Waals surface area contributed by atoms with Gasteiger partial charge in [0, 0.05) is 17.3 Å². The van der Waals surface area contributed by atoms with Crippen LogP contribution < -0.4 is 22.8 Å². The normalized spacial score (nSPS) is 14.9. The molecule has 0 spiro atoms. The second kappa shape index (κ2) is 26.8. The maximum Gasteiger partial charge on any atom is 0.342 e. The van der Waals surface area contributed by atoms with Crippen LogP contribution in [0.2, 0.25) is 0 Å². The average molecular weight is 1010 g/mol. The predicted molar refractivity (Wildman–Crippen MR) is 261 cm³/mol. The Bertz CT molecular complexity index is 2760. The zero-order valence-corrected chi connectivity index (χ0v) is 39.7. The Kier molecular flexibility index (Phi) is 20.8. The second-order valence-corrected chi connectivity index (χ2v) is 14.6. The third kappa shape index (κ3) is 14.6. The van der Waals surface area contributed by atoms with Gasteiger partial charge in [0.25, 0.3) is 11.3 Å². The first kappa shape index (κ1) is 53.4. The van der Waals surface area contributed by atoms with E-state index in [1.807, 2.05) is 60.7 Å². The summed E-state index contributed by atoms with van der Waals surface area (Å²) in [5, 5.41) is 10.4. The molecule has 3 aromatic rings. The lowest BCUT2D eigenvalue weighted by molar-refractivity contribution is -0.414. The number of nitrogens with one attached hydrogen (secondary N) is 1. The lowest BCUT2D eigenvalue weighted by Gasteiger charge is -2.04. The number of hydrogen-bond acceptors (Lipinski definition) is 20. The van der Waals surface area contributed by atoms with Crippen LogP contribution in [-0.2, 0) is 44.7 Å². The molecule has 0 amide bonds. The Morgan fingerprint density at radius 1 is 0.638 bits per heavy atom. The Morgan fingerprint density at radius 2 is 1.10 bits per heavy atom. The van der Waals surface area contributed by atoms with Crippen molar-refractivity contribution in [2.75, 3.05) is 52.6 Å². The fraction of sp³-hybridized carbons (Fsp3) is 0.283. The van der Waals surface area contributed by atoms with E-state index in [0.717, 1.165) is 23.1 Å². The third-order valence-corrected chi connectivity index (χ3v) is 10.1. The van der Waals surface area contributed by atoms with Crippen molar-refractivity contribution in [3.05, 3.63) is 155 Å².